The Labute approximate surface area is 111 Å². The molecule has 1 unspecified atom stereocenters. The van der Waals surface area contributed by atoms with Crippen LogP contribution in [0.3, 0.4) is 0 Å². The van der Waals surface area contributed by atoms with Crippen molar-refractivity contribution >= 4 is 5.97 Å². The van der Waals surface area contributed by atoms with Crippen LogP contribution in [0.2, 0.25) is 0 Å². The maximum Gasteiger partial charge on any atom is 0.314 e. The minimum atomic E-state index is -1.04. The number of carbonyl (C=O) groups is 1. The third-order valence-corrected chi connectivity index (χ3v) is 3.26. The van der Waals surface area contributed by atoms with Crippen LogP contribution in [0.1, 0.15) is 18.1 Å². The first-order valence-electron chi connectivity index (χ1n) is 5.94. The smallest absolute Gasteiger partial charge is 0.314 e. The van der Waals surface area contributed by atoms with Crippen LogP contribution in [0.5, 0.6) is 5.75 Å². The van der Waals surface area contributed by atoms with Crippen LogP contribution in [0.4, 0.5) is 0 Å². The normalized spacial score (nSPS) is 13.7. The molecule has 19 heavy (non-hydrogen) atoms. The number of carboxylic acid groups (broad SMARTS) is 1. The molecule has 4 nitrogen and oxygen atoms in total. The monoisotopic (exact) mass is 257 g/mol. The zero-order chi connectivity index (χ0) is 13.9. The minimum Gasteiger partial charge on any atom is -0.508 e. The molecule has 0 amide bonds. The summed E-state index contributed by atoms with van der Waals surface area (Å²) in [7, 11) is 0. The number of pyridine rings is 1. The first kappa shape index (κ1) is 13.1. The van der Waals surface area contributed by atoms with Crippen LogP contribution < -0.4 is 0 Å². The maximum atomic E-state index is 11.6. The van der Waals surface area contributed by atoms with Gasteiger partial charge in [0, 0.05) is 12.4 Å². The molecular weight excluding hydrogens is 242 g/mol. The third kappa shape index (κ3) is 2.73. The van der Waals surface area contributed by atoms with Gasteiger partial charge in [0.15, 0.2) is 0 Å². The summed E-state index contributed by atoms with van der Waals surface area (Å²) < 4.78 is 0. The van der Waals surface area contributed by atoms with Gasteiger partial charge in [0.25, 0.3) is 0 Å². The van der Waals surface area contributed by atoms with E-state index in [9.17, 15) is 15.0 Å². The summed E-state index contributed by atoms with van der Waals surface area (Å²) in [6.45, 7) is 1.68. The molecular formula is C15H15NO3. The number of phenols is 1. The molecule has 0 saturated heterocycles. The molecule has 1 aromatic heterocycles. The maximum absolute atomic E-state index is 11.6. The lowest BCUT2D eigenvalue weighted by molar-refractivity contribution is -0.143. The van der Waals surface area contributed by atoms with E-state index in [1.807, 2.05) is 6.07 Å². The second kappa shape index (κ2) is 5.10. The van der Waals surface area contributed by atoms with E-state index in [-0.39, 0.29) is 5.75 Å². The Morgan fingerprint density at radius 3 is 2.47 bits per heavy atom. The molecule has 0 fully saturated rings. The number of carboxylic acids is 1. The fourth-order valence-electron chi connectivity index (χ4n) is 2.04. The number of hydrogen-bond donors (Lipinski definition) is 2. The molecule has 0 aliphatic heterocycles. The van der Waals surface area contributed by atoms with Crippen molar-refractivity contribution in [1.29, 1.82) is 0 Å². The second-order valence-corrected chi connectivity index (χ2v) is 4.72. The third-order valence-electron chi connectivity index (χ3n) is 3.26. The van der Waals surface area contributed by atoms with E-state index in [2.05, 4.69) is 4.98 Å². The number of phenolic OH excluding ortho intramolecular Hbond substituents is 1. The topological polar surface area (TPSA) is 70.4 Å². The quantitative estimate of drug-likeness (QED) is 0.882. The van der Waals surface area contributed by atoms with Crippen LogP contribution in [-0.2, 0) is 16.6 Å². The average molecular weight is 257 g/mol. The van der Waals surface area contributed by atoms with E-state index in [1.54, 1.807) is 37.5 Å². The Kier molecular flexibility index (Phi) is 3.51. The lowest BCUT2D eigenvalue weighted by atomic mass is 9.77. The van der Waals surface area contributed by atoms with Gasteiger partial charge in [-0.1, -0.05) is 18.2 Å². The average Bonchev–Trinajstić information content (AvgIpc) is 2.40. The molecule has 2 aromatic rings. The molecule has 0 aliphatic carbocycles. The van der Waals surface area contributed by atoms with Gasteiger partial charge < -0.3 is 10.2 Å². The van der Waals surface area contributed by atoms with E-state index in [1.165, 1.54) is 12.1 Å². The molecule has 1 heterocycles. The fraction of sp³-hybridized carbons (Fsp3) is 0.200. The number of aromatic nitrogens is 1. The van der Waals surface area contributed by atoms with Gasteiger partial charge in [-0.25, -0.2) is 0 Å². The Hall–Kier alpha value is -2.36. The molecule has 4 heteroatoms. The van der Waals surface area contributed by atoms with E-state index < -0.39 is 11.4 Å². The van der Waals surface area contributed by atoms with Gasteiger partial charge in [-0.15, -0.1) is 0 Å². The molecule has 0 aliphatic rings. The molecule has 0 bridgehead atoms. The van der Waals surface area contributed by atoms with Crippen molar-refractivity contribution in [3.8, 4) is 5.75 Å². The van der Waals surface area contributed by atoms with Gasteiger partial charge in [0.05, 0.1) is 5.41 Å². The van der Waals surface area contributed by atoms with Crippen LogP contribution >= 0.6 is 0 Å². The van der Waals surface area contributed by atoms with Gasteiger partial charge in [0.2, 0.25) is 0 Å². The highest BCUT2D eigenvalue weighted by molar-refractivity contribution is 5.81. The number of aliphatic carboxylic acids is 1. The van der Waals surface area contributed by atoms with Crippen LogP contribution in [0.25, 0.3) is 0 Å². The lowest BCUT2D eigenvalue weighted by Gasteiger charge is -2.25. The van der Waals surface area contributed by atoms with Crippen molar-refractivity contribution in [1.82, 2.24) is 4.98 Å². The molecule has 98 valence electrons. The first-order chi connectivity index (χ1) is 9.02. The Morgan fingerprint density at radius 1 is 1.26 bits per heavy atom. The van der Waals surface area contributed by atoms with Crippen molar-refractivity contribution < 1.29 is 15.0 Å². The Morgan fingerprint density at radius 2 is 1.95 bits per heavy atom. The van der Waals surface area contributed by atoms with Gasteiger partial charge in [0.1, 0.15) is 5.75 Å². The van der Waals surface area contributed by atoms with Crippen LogP contribution in [0.15, 0.2) is 48.8 Å². The number of benzene rings is 1. The predicted molar refractivity (Wildman–Crippen MR) is 71.0 cm³/mol. The van der Waals surface area contributed by atoms with E-state index >= 15 is 0 Å². The number of hydrogen-bond acceptors (Lipinski definition) is 3. The van der Waals surface area contributed by atoms with Crippen LogP contribution in [0, 0.1) is 0 Å². The zero-order valence-electron chi connectivity index (χ0n) is 10.6. The summed E-state index contributed by atoms with van der Waals surface area (Å²) in [6, 6.07) is 9.92. The minimum absolute atomic E-state index is 0.123. The summed E-state index contributed by atoms with van der Waals surface area (Å²) >= 11 is 0. The second-order valence-electron chi connectivity index (χ2n) is 4.72. The Bertz CT molecular complexity index is 566. The van der Waals surface area contributed by atoms with Gasteiger partial charge in [-0.3, -0.25) is 9.78 Å². The highest BCUT2D eigenvalue weighted by atomic mass is 16.4. The van der Waals surface area contributed by atoms with Gasteiger partial charge in [-0.05, 0) is 42.7 Å². The van der Waals surface area contributed by atoms with Gasteiger partial charge >= 0.3 is 5.97 Å². The molecule has 1 aromatic carbocycles. The first-order valence-corrected chi connectivity index (χ1v) is 5.94. The zero-order valence-corrected chi connectivity index (χ0v) is 10.6. The van der Waals surface area contributed by atoms with E-state index in [0.717, 1.165) is 5.56 Å². The molecule has 2 rings (SSSR count). The summed E-state index contributed by atoms with van der Waals surface area (Å²) in [5.41, 5.74) is 0.471. The number of aromatic hydroxyl groups is 1. The summed E-state index contributed by atoms with van der Waals surface area (Å²) in [6.07, 6.45) is 3.67. The molecule has 0 spiro atoms. The van der Waals surface area contributed by atoms with E-state index in [4.69, 9.17) is 0 Å². The summed E-state index contributed by atoms with van der Waals surface area (Å²) in [5, 5.41) is 18.8. The largest absolute Gasteiger partial charge is 0.508 e. The molecule has 0 saturated carbocycles. The fourth-order valence-corrected chi connectivity index (χ4v) is 2.04. The van der Waals surface area contributed by atoms with Crippen molar-refractivity contribution in [2.45, 2.75) is 18.8 Å². The lowest BCUT2D eigenvalue weighted by Crippen LogP contribution is -2.34. The standard InChI is InChI=1S/C15H15NO3/c1-15(14(18)19,9-11-3-2-8-16-10-11)12-4-6-13(17)7-5-12/h2-8,10,17H,9H2,1H3,(H,18,19). The van der Waals surface area contributed by atoms with Crippen molar-refractivity contribution in [3.05, 3.63) is 59.9 Å². The van der Waals surface area contributed by atoms with Crippen LogP contribution in [-0.4, -0.2) is 21.2 Å². The Balaban J connectivity index is 2.38. The van der Waals surface area contributed by atoms with Crippen molar-refractivity contribution in [2.75, 3.05) is 0 Å². The molecule has 2 N–H and O–H groups in total. The number of rotatable bonds is 4. The highest BCUT2D eigenvalue weighted by Crippen LogP contribution is 2.29. The van der Waals surface area contributed by atoms with Gasteiger partial charge in [-0.2, -0.15) is 0 Å². The summed E-state index contributed by atoms with van der Waals surface area (Å²) in [4.78, 5) is 15.6. The van der Waals surface area contributed by atoms with E-state index in [0.29, 0.717) is 12.0 Å². The summed E-state index contributed by atoms with van der Waals surface area (Å²) in [5.74, 6) is -0.778. The number of nitrogens with zero attached hydrogens (tertiary/aromatic N) is 1. The van der Waals surface area contributed by atoms with Crippen molar-refractivity contribution in [2.24, 2.45) is 0 Å². The molecule has 1 atom stereocenters. The van der Waals surface area contributed by atoms with Crippen molar-refractivity contribution in [3.63, 3.8) is 0 Å². The predicted octanol–water partition coefficient (Wildman–Crippen LogP) is 2.37. The highest BCUT2D eigenvalue weighted by Gasteiger charge is 2.35. The SMILES string of the molecule is CC(Cc1cccnc1)(C(=O)O)c1ccc(O)cc1. The molecule has 0 radical (unpaired) electrons.